The predicted molar refractivity (Wildman–Crippen MR) is 70.5 cm³/mol. The van der Waals surface area contributed by atoms with Crippen molar-refractivity contribution in [1.82, 2.24) is 0 Å². The van der Waals surface area contributed by atoms with Gasteiger partial charge in [-0.15, -0.1) is 11.6 Å². The van der Waals surface area contributed by atoms with E-state index < -0.39 is 17.0 Å². The average molecular weight is 308 g/mol. The minimum absolute atomic E-state index is 0.0637. The van der Waals surface area contributed by atoms with Crippen molar-refractivity contribution in [2.45, 2.75) is 5.38 Å². The minimum atomic E-state index is -1.01. The van der Waals surface area contributed by atoms with Gasteiger partial charge in [0.25, 0.3) is 0 Å². The lowest BCUT2D eigenvalue weighted by atomic mass is 10.0. The Bertz CT molecular complexity index is 584. The molecule has 0 amide bonds. The van der Waals surface area contributed by atoms with Crippen LogP contribution in [0.4, 0.5) is 8.78 Å². The molecule has 94 valence electrons. The Morgan fingerprint density at radius 1 is 0.833 bits per heavy atom. The van der Waals surface area contributed by atoms with Crippen molar-refractivity contribution < 1.29 is 8.78 Å². The lowest BCUT2D eigenvalue weighted by Crippen LogP contribution is -1.98. The summed E-state index contributed by atoms with van der Waals surface area (Å²) in [6.45, 7) is 0. The fourth-order valence-corrected chi connectivity index (χ4v) is 2.57. The first-order chi connectivity index (χ1) is 8.50. The number of hydrogen-bond donors (Lipinski definition) is 0. The quantitative estimate of drug-likeness (QED) is 0.500. The molecule has 0 N–H and O–H groups in total. The van der Waals surface area contributed by atoms with Crippen molar-refractivity contribution >= 4 is 34.8 Å². The molecule has 1 atom stereocenters. The van der Waals surface area contributed by atoms with Crippen LogP contribution in [0.1, 0.15) is 16.5 Å². The number of benzene rings is 2. The summed E-state index contributed by atoms with van der Waals surface area (Å²) >= 11 is 18.1. The van der Waals surface area contributed by atoms with Crippen molar-refractivity contribution in [3.63, 3.8) is 0 Å². The van der Waals surface area contributed by atoms with Gasteiger partial charge in [-0.25, -0.2) is 8.78 Å². The second kappa shape index (κ2) is 5.43. The lowest BCUT2D eigenvalue weighted by molar-refractivity contribution is 0.507. The van der Waals surface area contributed by atoms with Crippen LogP contribution in [-0.2, 0) is 0 Å². The summed E-state index contributed by atoms with van der Waals surface area (Å²) in [5.74, 6) is -2.00. The fourth-order valence-electron chi connectivity index (χ4n) is 1.58. The van der Waals surface area contributed by atoms with Gasteiger partial charge in [-0.05, 0) is 29.3 Å². The van der Waals surface area contributed by atoms with Gasteiger partial charge in [-0.1, -0.05) is 41.4 Å². The van der Waals surface area contributed by atoms with Gasteiger partial charge in [0.2, 0.25) is 0 Å². The topological polar surface area (TPSA) is 0 Å². The second-order valence-corrected chi connectivity index (χ2v) is 4.92. The number of hydrogen-bond acceptors (Lipinski definition) is 0. The molecule has 1 unspecified atom stereocenters. The van der Waals surface area contributed by atoms with Crippen LogP contribution in [0.25, 0.3) is 0 Å². The van der Waals surface area contributed by atoms with Gasteiger partial charge >= 0.3 is 0 Å². The Morgan fingerprint density at radius 2 is 1.44 bits per heavy atom. The Hall–Kier alpha value is -0.830. The van der Waals surface area contributed by atoms with Crippen LogP contribution in [0.2, 0.25) is 10.0 Å². The standard InChI is InChI=1S/C13H7Cl3F2/c14-9-4-2-1-3-7(9)13(16)8-5-11(17)12(18)6-10(8)15/h1-6,13H. The van der Waals surface area contributed by atoms with Crippen molar-refractivity contribution in [2.75, 3.05) is 0 Å². The van der Waals surface area contributed by atoms with Gasteiger partial charge in [0.1, 0.15) is 0 Å². The molecule has 2 aromatic rings. The SMILES string of the molecule is Fc1cc(Cl)c(C(Cl)c2ccccc2Cl)cc1F. The maximum atomic E-state index is 13.2. The zero-order valence-corrected chi connectivity index (χ0v) is 11.2. The molecule has 0 aromatic heterocycles. The van der Waals surface area contributed by atoms with E-state index >= 15 is 0 Å². The smallest absolute Gasteiger partial charge is 0.160 e. The highest BCUT2D eigenvalue weighted by Crippen LogP contribution is 2.37. The molecule has 0 fully saturated rings. The van der Waals surface area contributed by atoms with E-state index in [-0.39, 0.29) is 10.6 Å². The van der Waals surface area contributed by atoms with Crippen LogP contribution >= 0.6 is 34.8 Å². The molecule has 0 spiro atoms. The predicted octanol–water partition coefficient (Wildman–Crippen LogP) is 5.60. The van der Waals surface area contributed by atoms with E-state index in [0.29, 0.717) is 10.6 Å². The molecule has 2 aromatic carbocycles. The molecule has 0 heterocycles. The summed E-state index contributed by atoms with van der Waals surface area (Å²) < 4.78 is 26.2. The first-order valence-electron chi connectivity index (χ1n) is 5.03. The Morgan fingerprint density at radius 3 is 2.11 bits per heavy atom. The van der Waals surface area contributed by atoms with E-state index in [2.05, 4.69) is 0 Å². The van der Waals surface area contributed by atoms with Gasteiger partial charge < -0.3 is 0 Å². The molecule has 0 aliphatic rings. The third kappa shape index (κ3) is 2.61. The number of halogens is 5. The highest BCUT2D eigenvalue weighted by atomic mass is 35.5. The zero-order valence-electron chi connectivity index (χ0n) is 8.93. The molecule has 0 radical (unpaired) electrons. The monoisotopic (exact) mass is 306 g/mol. The molecule has 18 heavy (non-hydrogen) atoms. The Kier molecular flexibility index (Phi) is 4.10. The van der Waals surface area contributed by atoms with Crippen molar-refractivity contribution in [3.05, 3.63) is 69.2 Å². The summed E-state index contributed by atoms with van der Waals surface area (Å²) in [6.07, 6.45) is 0. The minimum Gasteiger partial charge on any atom is -0.204 e. The third-order valence-corrected chi connectivity index (χ3v) is 3.63. The van der Waals surface area contributed by atoms with Crippen molar-refractivity contribution in [1.29, 1.82) is 0 Å². The molecule has 0 saturated heterocycles. The summed E-state index contributed by atoms with van der Waals surface area (Å²) in [5.41, 5.74) is 0.874. The second-order valence-electron chi connectivity index (χ2n) is 3.67. The van der Waals surface area contributed by atoms with Gasteiger partial charge in [0, 0.05) is 10.0 Å². The summed E-state index contributed by atoms with van der Waals surface area (Å²) in [6, 6.07) is 8.77. The normalized spacial score (nSPS) is 12.5. The summed E-state index contributed by atoms with van der Waals surface area (Å²) in [7, 11) is 0. The molecule has 0 aliphatic heterocycles. The van der Waals surface area contributed by atoms with Gasteiger partial charge in [0.15, 0.2) is 11.6 Å². The molecule has 0 saturated carbocycles. The molecule has 0 aliphatic carbocycles. The van der Waals surface area contributed by atoms with Crippen LogP contribution < -0.4 is 0 Å². The maximum Gasteiger partial charge on any atom is 0.160 e. The van der Waals surface area contributed by atoms with Crippen LogP contribution in [-0.4, -0.2) is 0 Å². The van der Waals surface area contributed by atoms with Crippen LogP contribution in [0, 0.1) is 11.6 Å². The fraction of sp³-hybridized carbons (Fsp3) is 0.0769. The molecule has 0 nitrogen and oxygen atoms in total. The van der Waals surface area contributed by atoms with Crippen LogP contribution in [0.5, 0.6) is 0 Å². The Balaban J connectivity index is 2.50. The van der Waals surface area contributed by atoms with Gasteiger partial charge in [0.05, 0.1) is 5.38 Å². The largest absolute Gasteiger partial charge is 0.204 e. The maximum absolute atomic E-state index is 13.2. The van der Waals surface area contributed by atoms with E-state index in [0.717, 1.165) is 12.1 Å². The van der Waals surface area contributed by atoms with E-state index in [1.807, 2.05) is 0 Å². The molecular weight excluding hydrogens is 300 g/mol. The summed E-state index contributed by atoms with van der Waals surface area (Å²) in [4.78, 5) is 0. The van der Waals surface area contributed by atoms with E-state index in [4.69, 9.17) is 34.8 Å². The molecule has 2 rings (SSSR count). The van der Waals surface area contributed by atoms with E-state index in [1.54, 1.807) is 24.3 Å². The number of rotatable bonds is 2. The van der Waals surface area contributed by atoms with Crippen molar-refractivity contribution in [3.8, 4) is 0 Å². The van der Waals surface area contributed by atoms with E-state index in [9.17, 15) is 8.78 Å². The zero-order chi connectivity index (χ0) is 13.3. The van der Waals surface area contributed by atoms with Gasteiger partial charge in [-0.2, -0.15) is 0 Å². The third-order valence-electron chi connectivity index (χ3n) is 2.49. The summed E-state index contributed by atoms with van der Waals surface area (Å²) in [5, 5.41) is -0.228. The Labute approximate surface area is 118 Å². The highest BCUT2D eigenvalue weighted by molar-refractivity contribution is 6.35. The highest BCUT2D eigenvalue weighted by Gasteiger charge is 2.19. The first kappa shape index (κ1) is 13.6. The molecule has 5 heteroatoms. The number of alkyl halides is 1. The lowest BCUT2D eigenvalue weighted by Gasteiger charge is -2.14. The molecule has 0 bridgehead atoms. The molecular formula is C13H7Cl3F2. The van der Waals surface area contributed by atoms with Crippen LogP contribution in [0.3, 0.4) is 0 Å². The van der Waals surface area contributed by atoms with Crippen molar-refractivity contribution in [2.24, 2.45) is 0 Å². The van der Waals surface area contributed by atoms with Gasteiger partial charge in [-0.3, -0.25) is 0 Å². The van der Waals surface area contributed by atoms with Crippen LogP contribution in [0.15, 0.2) is 36.4 Å². The van der Waals surface area contributed by atoms with E-state index in [1.165, 1.54) is 0 Å². The first-order valence-corrected chi connectivity index (χ1v) is 6.23. The average Bonchev–Trinajstić information content (AvgIpc) is 2.33.